The Bertz CT molecular complexity index is 352. The Kier molecular flexibility index (Phi) is 5.87. The fraction of sp³-hybridized carbons (Fsp3) is 0.647. The van der Waals surface area contributed by atoms with Gasteiger partial charge in [-0.3, -0.25) is 0 Å². The molecule has 0 amide bonds. The average Bonchev–Trinajstić information content (AvgIpc) is 3.24. The van der Waals surface area contributed by atoms with Crippen molar-refractivity contribution in [2.45, 2.75) is 45.1 Å². The molecule has 1 N–H and O–H groups in total. The molecule has 19 heavy (non-hydrogen) atoms. The van der Waals surface area contributed by atoms with Crippen molar-refractivity contribution in [1.82, 2.24) is 5.32 Å². The molecule has 1 fully saturated rings. The van der Waals surface area contributed by atoms with E-state index in [9.17, 15) is 0 Å². The third kappa shape index (κ3) is 4.32. The summed E-state index contributed by atoms with van der Waals surface area (Å²) in [4.78, 5) is 0. The van der Waals surface area contributed by atoms with Gasteiger partial charge in [-0.2, -0.15) is 0 Å². The van der Waals surface area contributed by atoms with Gasteiger partial charge in [0, 0.05) is 19.3 Å². The van der Waals surface area contributed by atoms with E-state index >= 15 is 0 Å². The molecule has 0 aliphatic heterocycles. The lowest BCUT2D eigenvalue weighted by molar-refractivity contribution is 0.122. The number of benzene rings is 1. The van der Waals surface area contributed by atoms with Crippen LogP contribution in [0.5, 0.6) is 0 Å². The molecule has 0 aromatic heterocycles. The van der Waals surface area contributed by atoms with Gasteiger partial charge in [0.25, 0.3) is 0 Å². The fourth-order valence-electron chi connectivity index (χ4n) is 2.93. The summed E-state index contributed by atoms with van der Waals surface area (Å²) < 4.78 is 5.64. The Balaban J connectivity index is 1.80. The van der Waals surface area contributed by atoms with Crippen molar-refractivity contribution >= 4 is 0 Å². The van der Waals surface area contributed by atoms with E-state index < -0.39 is 0 Å². The molecule has 1 aliphatic rings. The van der Waals surface area contributed by atoms with E-state index in [4.69, 9.17) is 4.74 Å². The van der Waals surface area contributed by atoms with Crippen LogP contribution in [0.3, 0.4) is 0 Å². The van der Waals surface area contributed by atoms with Gasteiger partial charge < -0.3 is 10.1 Å². The topological polar surface area (TPSA) is 21.3 Å². The highest BCUT2D eigenvalue weighted by atomic mass is 16.5. The molecular weight excluding hydrogens is 234 g/mol. The quantitative estimate of drug-likeness (QED) is 0.686. The van der Waals surface area contributed by atoms with Crippen LogP contribution >= 0.6 is 0 Å². The molecule has 0 radical (unpaired) electrons. The molecule has 1 aromatic carbocycles. The summed E-state index contributed by atoms with van der Waals surface area (Å²) in [5.41, 5.74) is 1.50. The molecule has 0 bridgehead atoms. The Morgan fingerprint density at radius 2 is 2.00 bits per heavy atom. The van der Waals surface area contributed by atoms with Crippen LogP contribution in [0, 0.1) is 5.92 Å². The van der Waals surface area contributed by atoms with E-state index in [0.717, 1.165) is 44.4 Å². The van der Waals surface area contributed by atoms with Crippen LogP contribution in [0.25, 0.3) is 0 Å². The predicted molar refractivity (Wildman–Crippen MR) is 80.5 cm³/mol. The average molecular weight is 261 g/mol. The van der Waals surface area contributed by atoms with Gasteiger partial charge in [0.15, 0.2) is 0 Å². The van der Waals surface area contributed by atoms with E-state index in [1.807, 2.05) is 0 Å². The van der Waals surface area contributed by atoms with Gasteiger partial charge in [0.1, 0.15) is 0 Å². The number of hydrogen-bond acceptors (Lipinski definition) is 2. The van der Waals surface area contributed by atoms with E-state index in [1.54, 1.807) is 0 Å². The molecule has 3 unspecified atom stereocenters. The van der Waals surface area contributed by atoms with Gasteiger partial charge in [-0.1, -0.05) is 44.2 Å². The van der Waals surface area contributed by atoms with Gasteiger partial charge in [0.05, 0.1) is 0 Å². The SMILES string of the molecule is CCCOCCC(NCC)C1CC1c1ccccc1. The maximum absolute atomic E-state index is 5.64. The molecule has 0 saturated heterocycles. The lowest BCUT2D eigenvalue weighted by Gasteiger charge is -2.18. The van der Waals surface area contributed by atoms with Crippen LogP contribution in [0.15, 0.2) is 30.3 Å². The van der Waals surface area contributed by atoms with Crippen molar-refractivity contribution in [2.75, 3.05) is 19.8 Å². The minimum absolute atomic E-state index is 0.618. The number of nitrogens with one attached hydrogen (secondary N) is 1. The van der Waals surface area contributed by atoms with E-state index in [2.05, 4.69) is 49.5 Å². The highest BCUT2D eigenvalue weighted by Crippen LogP contribution is 2.50. The predicted octanol–water partition coefficient (Wildman–Crippen LogP) is 3.58. The van der Waals surface area contributed by atoms with Crippen molar-refractivity contribution in [2.24, 2.45) is 5.92 Å². The summed E-state index contributed by atoms with van der Waals surface area (Å²) in [7, 11) is 0. The van der Waals surface area contributed by atoms with Crippen molar-refractivity contribution in [3.63, 3.8) is 0 Å². The molecule has 106 valence electrons. The van der Waals surface area contributed by atoms with Crippen LogP contribution in [-0.4, -0.2) is 25.8 Å². The second-order valence-electron chi connectivity index (χ2n) is 5.48. The van der Waals surface area contributed by atoms with E-state index in [-0.39, 0.29) is 0 Å². The lowest BCUT2D eigenvalue weighted by Crippen LogP contribution is -2.32. The first-order valence-electron chi connectivity index (χ1n) is 7.72. The first kappa shape index (κ1) is 14.5. The van der Waals surface area contributed by atoms with Crippen molar-refractivity contribution < 1.29 is 4.74 Å². The standard InChI is InChI=1S/C17H27NO/c1-3-11-19-12-10-17(18-4-2)16-13-15(16)14-8-6-5-7-9-14/h5-9,15-18H,3-4,10-13H2,1-2H3. The maximum atomic E-state index is 5.64. The smallest absolute Gasteiger partial charge is 0.0480 e. The van der Waals surface area contributed by atoms with Gasteiger partial charge in [0.2, 0.25) is 0 Å². The molecule has 1 aromatic rings. The van der Waals surface area contributed by atoms with E-state index in [0.29, 0.717) is 6.04 Å². The second-order valence-corrected chi connectivity index (χ2v) is 5.48. The number of ether oxygens (including phenoxy) is 1. The van der Waals surface area contributed by atoms with Crippen molar-refractivity contribution in [3.8, 4) is 0 Å². The van der Waals surface area contributed by atoms with Crippen LogP contribution in [-0.2, 0) is 4.74 Å². The van der Waals surface area contributed by atoms with Crippen LogP contribution < -0.4 is 5.32 Å². The lowest BCUT2D eigenvalue weighted by atomic mass is 10.0. The first-order valence-corrected chi connectivity index (χ1v) is 7.72. The summed E-state index contributed by atoms with van der Waals surface area (Å²) in [6.45, 7) is 7.19. The molecule has 0 spiro atoms. The first-order chi connectivity index (χ1) is 9.36. The number of hydrogen-bond donors (Lipinski definition) is 1. The summed E-state index contributed by atoms with van der Waals surface area (Å²) in [6, 6.07) is 11.5. The van der Waals surface area contributed by atoms with Gasteiger partial charge in [-0.25, -0.2) is 0 Å². The van der Waals surface area contributed by atoms with Crippen molar-refractivity contribution in [1.29, 1.82) is 0 Å². The van der Waals surface area contributed by atoms with Gasteiger partial charge >= 0.3 is 0 Å². The van der Waals surface area contributed by atoms with E-state index in [1.165, 1.54) is 12.0 Å². The largest absolute Gasteiger partial charge is 0.381 e. The van der Waals surface area contributed by atoms with Crippen LogP contribution in [0.2, 0.25) is 0 Å². The van der Waals surface area contributed by atoms with Crippen LogP contribution in [0.1, 0.15) is 44.6 Å². The monoisotopic (exact) mass is 261 g/mol. The zero-order chi connectivity index (χ0) is 13.5. The minimum atomic E-state index is 0.618. The summed E-state index contributed by atoms with van der Waals surface area (Å²) in [5.74, 6) is 1.56. The molecule has 0 heterocycles. The zero-order valence-corrected chi connectivity index (χ0v) is 12.3. The molecule has 1 saturated carbocycles. The summed E-state index contributed by atoms with van der Waals surface area (Å²) >= 11 is 0. The van der Waals surface area contributed by atoms with Gasteiger partial charge in [-0.05, 0) is 43.2 Å². The highest BCUT2D eigenvalue weighted by molar-refractivity contribution is 5.26. The third-order valence-electron chi connectivity index (χ3n) is 3.97. The van der Waals surface area contributed by atoms with Crippen molar-refractivity contribution in [3.05, 3.63) is 35.9 Å². The normalized spacial score (nSPS) is 23.3. The molecule has 2 nitrogen and oxygen atoms in total. The molecule has 1 aliphatic carbocycles. The molecule has 2 rings (SSSR count). The Morgan fingerprint density at radius 3 is 2.68 bits per heavy atom. The van der Waals surface area contributed by atoms with Crippen LogP contribution in [0.4, 0.5) is 0 Å². The zero-order valence-electron chi connectivity index (χ0n) is 12.3. The minimum Gasteiger partial charge on any atom is -0.381 e. The Labute approximate surface area is 117 Å². The Morgan fingerprint density at radius 1 is 1.21 bits per heavy atom. The molecular formula is C17H27NO. The summed E-state index contributed by atoms with van der Waals surface area (Å²) in [6.07, 6.45) is 3.58. The third-order valence-corrected chi connectivity index (χ3v) is 3.97. The summed E-state index contributed by atoms with van der Waals surface area (Å²) in [5, 5.41) is 3.64. The maximum Gasteiger partial charge on any atom is 0.0480 e. The van der Waals surface area contributed by atoms with Gasteiger partial charge in [-0.15, -0.1) is 0 Å². The highest BCUT2D eigenvalue weighted by Gasteiger charge is 2.43. The molecule has 2 heteroatoms. The molecule has 3 atom stereocenters. The second kappa shape index (κ2) is 7.66. The Hall–Kier alpha value is -0.860. The number of rotatable bonds is 9. The fourth-order valence-corrected chi connectivity index (χ4v) is 2.93.